The number of benzene rings is 2. The van der Waals surface area contributed by atoms with Crippen LogP contribution < -0.4 is 20.1 Å². The molecule has 1 fully saturated rings. The zero-order valence-corrected chi connectivity index (χ0v) is 17.8. The Morgan fingerprint density at radius 1 is 1.06 bits per heavy atom. The van der Waals surface area contributed by atoms with Crippen molar-refractivity contribution in [2.75, 3.05) is 25.2 Å². The molecule has 2 aromatic rings. The van der Waals surface area contributed by atoms with E-state index in [9.17, 15) is 9.59 Å². The summed E-state index contributed by atoms with van der Waals surface area (Å²) in [6.07, 6.45) is 2.94. The van der Waals surface area contributed by atoms with Crippen LogP contribution in [-0.2, 0) is 16.0 Å². The minimum atomic E-state index is -0.250. The zero-order valence-electron chi connectivity index (χ0n) is 17.8. The van der Waals surface area contributed by atoms with Gasteiger partial charge in [0.1, 0.15) is 0 Å². The highest BCUT2D eigenvalue weighted by Crippen LogP contribution is 2.34. The maximum atomic E-state index is 12.7. The van der Waals surface area contributed by atoms with Crippen molar-refractivity contribution in [3.8, 4) is 11.5 Å². The van der Waals surface area contributed by atoms with Crippen molar-refractivity contribution in [2.45, 2.75) is 44.7 Å². The first kappa shape index (κ1) is 21.2. The molecule has 0 bridgehead atoms. The fourth-order valence-corrected chi connectivity index (χ4v) is 4.02. The van der Waals surface area contributed by atoms with Crippen LogP contribution >= 0.6 is 0 Å². The smallest absolute Gasteiger partial charge is 0.241 e. The molecular weight excluding hydrogens is 394 g/mol. The molecule has 164 valence electrons. The number of carbonyl (C=O) groups excluding carboxylic acids is 2. The Morgan fingerprint density at radius 3 is 2.58 bits per heavy atom. The molecule has 7 heteroatoms. The topological polar surface area (TPSA) is 79.9 Å². The van der Waals surface area contributed by atoms with Crippen molar-refractivity contribution in [1.29, 1.82) is 0 Å². The molecule has 2 N–H and O–H groups in total. The number of hydrogen-bond acceptors (Lipinski definition) is 5. The molecule has 31 heavy (non-hydrogen) atoms. The Kier molecular flexibility index (Phi) is 6.72. The summed E-state index contributed by atoms with van der Waals surface area (Å²) in [7, 11) is 0. The van der Waals surface area contributed by atoms with Gasteiger partial charge in [-0.2, -0.15) is 0 Å². The van der Waals surface area contributed by atoms with E-state index in [1.165, 1.54) is 5.56 Å². The van der Waals surface area contributed by atoms with Crippen LogP contribution in [0.5, 0.6) is 11.5 Å². The second-order valence-corrected chi connectivity index (χ2v) is 8.10. The molecule has 7 nitrogen and oxygen atoms in total. The van der Waals surface area contributed by atoms with E-state index < -0.39 is 0 Å². The maximum Gasteiger partial charge on any atom is 0.241 e. The first-order chi connectivity index (χ1) is 15.1. The van der Waals surface area contributed by atoms with Crippen LogP contribution in [0.15, 0.2) is 48.5 Å². The number of rotatable bonds is 7. The number of anilines is 1. The lowest BCUT2D eigenvalue weighted by molar-refractivity contribution is -0.123. The van der Waals surface area contributed by atoms with Crippen LogP contribution in [0.25, 0.3) is 0 Å². The van der Waals surface area contributed by atoms with Crippen LogP contribution in [0.1, 0.15) is 31.7 Å². The maximum absolute atomic E-state index is 12.7. The molecule has 0 aromatic heterocycles. The molecule has 2 amide bonds. The first-order valence-corrected chi connectivity index (χ1v) is 10.9. The summed E-state index contributed by atoms with van der Waals surface area (Å²) < 4.78 is 10.7. The van der Waals surface area contributed by atoms with Gasteiger partial charge in [0, 0.05) is 37.3 Å². The molecule has 1 atom stereocenters. The van der Waals surface area contributed by atoms with Gasteiger partial charge in [-0.05, 0) is 43.9 Å². The van der Waals surface area contributed by atoms with Gasteiger partial charge in [-0.25, -0.2) is 0 Å². The van der Waals surface area contributed by atoms with E-state index in [0.29, 0.717) is 23.6 Å². The Morgan fingerprint density at radius 2 is 1.81 bits per heavy atom. The average Bonchev–Trinajstić information content (AvgIpc) is 3.26. The molecule has 4 rings (SSSR count). The molecule has 2 aliphatic heterocycles. The quantitative estimate of drug-likeness (QED) is 0.716. The first-order valence-electron chi connectivity index (χ1n) is 10.9. The molecule has 1 saturated heterocycles. The van der Waals surface area contributed by atoms with Gasteiger partial charge in [0.05, 0.1) is 6.04 Å². The number of carbonyl (C=O) groups is 2. The van der Waals surface area contributed by atoms with Gasteiger partial charge in [-0.3, -0.25) is 14.5 Å². The van der Waals surface area contributed by atoms with Crippen LogP contribution in [0.4, 0.5) is 5.69 Å². The third-order valence-corrected chi connectivity index (χ3v) is 5.95. The Labute approximate surface area is 182 Å². The van der Waals surface area contributed by atoms with Crippen molar-refractivity contribution < 1.29 is 19.1 Å². The fourth-order valence-electron chi connectivity index (χ4n) is 4.02. The van der Waals surface area contributed by atoms with Crippen molar-refractivity contribution in [3.05, 3.63) is 54.1 Å². The van der Waals surface area contributed by atoms with Crippen molar-refractivity contribution in [3.63, 3.8) is 0 Å². The van der Waals surface area contributed by atoms with E-state index in [2.05, 4.69) is 15.5 Å². The van der Waals surface area contributed by atoms with Crippen LogP contribution in [0.3, 0.4) is 0 Å². The Balaban J connectivity index is 1.20. The van der Waals surface area contributed by atoms with Gasteiger partial charge < -0.3 is 20.1 Å². The number of likely N-dealkylation sites (tertiary alicyclic amines) is 1. The number of piperidine rings is 1. The lowest BCUT2D eigenvalue weighted by Gasteiger charge is -2.35. The summed E-state index contributed by atoms with van der Waals surface area (Å²) >= 11 is 0. The highest BCUT2D eigenvalue weighted by atomic mass is 16.7. The van der Waals surface area contributed by atoms with Gasteiger partial charge >= 0.3 is 0 Å². The normalized spacial score (nSPS) is 17.2. The summed E-state index contributed by atoms with van der Waals surface area (Å²) in [5.41, 5.74) is 1.87. The van der Waals surface area contributed by atoms with Gasteiger partial charge in [0.2, 0.25) is 18.6 Å². The standard InChI is InChI=1S/C24H29N3O4/c1-17(24(29)26-20-8-9-21-22(15-20)31-16-30-21)27-13-11-19(12-14-27)25-23(28)10-7-18-5-3-2-4-6-18/h2-6,8-9,15,17,19H,7,10-14,16H2,1H3,(H,25,28)(H,26,29). The minimum Gasteiger partial charge on any atom is -0.454 e. The molecule has 1 unspecified atom stereocenters. The highest BCUT2D eigenvalue weighted by Gasteiger charge is 2.27. The van der Waals surface area contributed by atoms with E-state index in [1.807, 2.05) is 43.3 Å². The molecule has 0 spiro atoms. The summed E-state index contributed by atoms with van der Waals surface area (Å²) in [6.45, 7) is 3.68. The largest absolute Gasteiger partial charge is 0.454 e. The number of nitrogens with one attached hydrogen (secondary N) is 2. The number of ether oxygens (including phenoxy) is 2. The lowest BCUT2D eigenvalue weighted by Crippen LogP contribution is -2.50. The van der Waals surface area contributed by atoms with Crippen LogP contribution in [0, 0.1) is 0 Å². The molecule has 0 radical (unpaired) electrons. The zero-order chi connectivity index (χ0) is 21.6. The minimum absolute atomic E-state index is 0.0517. The number of hydrogen-bond donors (Lipinski definition) is 2. The highest BCUT2D eigenvalue weighted by molar-refractivity contribution is 5.94. The van der Waals surface area contributed by atoms with Gasteiger partial charge in [-0.1, -0.05) is 30.3 Å². The number of fused-ring (bicyclic) bond motifs is 1. The Hall–Kier alpha value is -3.06. The molecule has 0 saturated carbocycles. The lowest BCUT2D eigenvalue weighted by atomic mass is 10.0. The second-order valence-electron chi connectivity index (χ2n) is 8.10. The van der Waals surface area contributed by atoms with Crippen molar-refractivity contribution in [1.82, 2.24) is 10.2 Å². The van der Waals surface area contributed by atoms with Crippen molar-refractivity contribution >= 4 is 17.5 Å². The third kappa shape index (κ3) is 5.55. The van der Waals surface area contributed by atoms with Gasteiger partial charge in [-0.15, -0.1) is 0 Å². The summed E-state index contributed by atoms with van der Waals surface area (Å²) in [6, 6.07) is 15.4. The van der Waals surface area contributed by atoms with Gasteiger partial charge in [0.15, 0.2) is 11.5 Å². The number of aryl methyl sites for hydroxylation is 1. The average molecular weight is 424 g/mol. The van der Waals surface area contributed by atoms with Crippen LogP contribution in [-0.4, -0.2) is 48.7 Å². The number of nitrogens with zero attached hydrogens (tertiary/aromatic N) is 1. The van der Waals surface area contributed by atoms with E-state index in [0.717, 1.165) is 32.4 Å². The predicted octanol–water partition coefficient (Wildman–Crippen LogP) is 2.96. The van der Waals surface area contributed by atoms with E-state index in [-0.39, 0.29) is 30.7 Å². The molecule has 2 aliphatic rings. The molecule has 0 aliphatic carbocycles. The summed E-state index contributed by atoms with van der Waals surface area (Å²) in [5.74, 6) is 1.38. The van der Waals surface area contributed by atoms with E-state index in [1.54, 1.807) is 12.1 Å². The van der Waals surface area contributed by atoms with E-state index >= 15 is 0 Å². The summed E-state index contributed by atoms with van der Waals surface area (Å²) in [4.78, 5) is 27.1. The Bertz CT molecular complexity index is 910. The van der Waals surface area contributed by atoms with Crippen molar-refractivity contribution in [2.24, 2.45) is 0 Å². The molecule has 2 aromatic carbocycles. The molecule has 2 heterocycles. The second kappa shape index (κ2) is 9.83. The number of amides is 2. The van der Waals surface area contributed by atoms with Gasteiger partial charge in [0.25, 0.3) is 0 Å². The SMILES string of the molecule is CC(C(=O)Nc1ccc2c(c1)OCO2)N1CCC(NC(=O)CCc2ccccc2)CC1. The molecular formula is C24H29N3O4. The monoisotopic (exact) mass is 423 g/mol. The van der Waals surface area contributed by atoms with Crippen LogP contribution in [0.2, 0.25) is 0 Å². The summed E-state index contributed by atoms with van der Waals surface area (Å²) in [5, 5.41) is 6.11. The van der Waals surface area contributed by atoms with E-state index in [4.69, 9.17) is 9.47 Å². The third-order valence-electron chi connectivity index (χ3n) is 5.95. The predicted molar refractivity (Wildman–Crippen MR) is 118 cm³/mol. The fraction of sp³-hybridized carbons (Fsp3) is 0.417.